The highest BCUT2D eigenvalue weighted by Gasteiger charge is 2.28. The minimum Gasteiger partial charge on any atom is -0.399 e. The molecule has 0 aromatic carbocycles. The van der Waals surface area contributed by atoms with E-state index in [0.717, 1.165) is 12.0 Å². The molecule has 2 rings (SSSR count). The summed E-state index contributed by atoms with van der Waals surface area (Å²) in [6.45, 7) is 0.470. The lowest BCUT2D eigenvalue weighted by molar-refractivity contribution is -0.113. The summed E-state index contributed by atoms with van der Waals surface area (Å²) in [5.74, 6) is 0.186. The normalized spacial score (nSPS) is 29.5. The second-order valence-electron chi connectivity index (χ2n) is 2.90. The molecule has 0 bridgehead atoms. The van der Waals surface area contributed by atoms with Gasteiger partial charge in [0, 0.05) is 17.3 Å². The second kappa shape index (κ2) is 2.20. The number of rotatable bonds is 0. The molecule has 0 aromatic rings. The minimum absolute atomic E-state index is 0.186. The lowest BCUT2D eigenvalue weighted by Gasteiger charge is -2.13. The number of carbonyl (C=O) groups excluding carboxylic acids is 1. The fourth-order valence-corrected chi connectivity index (χ4v) is 1.51. The average Bonchev–Trinajstić information content (AvgIpc) is 2.33. The first-order valence-corrected chi connectivity index (χ1v) is 3.71. The van der Waals surface area contributed by atoms with Crippen LogP contribution in [0.15, 0.2) is 23.4 Å². The first-order valence-electron chi connectivity index (χ1n) is 3.71. The van der Waals surface area contributed by atoms with Crippen LogP contribution in [0, 0.1) is 0 Å². The lowest BCUT2D eigenvalue weighted by atomic mass is 9.98. The predicted molar refractivity (Wildman–Crippen MR) is 41.8 cm³/mol. The molecule has 2 aliphatic rings. The summed E-state index contributed by atoms with van der Waals surface area (Å²) >= 11 is 0. The maximum absolute atomic E-state index is 11.1. The number of nitrogens with one attached hydrogen (secondary N) is 1. The minimum atomic E-state index is 0.186. The molecule has 1 saturated heterocycles. The van der Waals surface area contributed by atoms with Gasteiger partial charge < -0.3 is 11.1 Å². The third kappa shape index (κ3) is 0.973. The molecule has 3 N–H and O–H groups in total. The van der Waals surface area contributed by atoms with Crippen LogP contribution in [0.1, 0.15) is 6.42 Å². The maximum atomic E-state index is 11.1. The van der Waals surface area contributed by atoms with Crippen molar-refractivity contribution in [2.24, 2.45) is 5.73 Å². The highest BCUT2D eigenvalue weighted by atomic mass is 16.1. The largest absolute Gasteiger partial charge is 0.399 e. The van der Waals surface area contributed by atoms with E-state index in [9.17, 15) is 4.79 Å². The summed E-state index contributed by atoms with van der Waals surface area (Å²) in [6, 6.07) is 0.231. The van der Waals surface area contributed by atoms with Crippen LogP contribution in [0.3, 0.4) is 0 Å². The molecular formula is C8H10N2O. The molecule has 58 valence electrons. The number of hydrogen-bond donors (Lipinski definition) is 2. The second-order valence-corrected chi connectivity index (χ2v) is 2.90. The molecule has 1 aliphatic carbocycles. The van der Waals surface area contributed by atoms with Gasteiger partial charge in [-0.25, -0.2) is 0 Å². The standard InChI is InChI=1S/C8H10N2O/c9-5-1-2-7-6(3-5)8(11)4-10-7/h1,3,7,10H,2,4,9H2. The van der Waals surface area contributed by atoms with Crippen molar-refractivity contribution in [3.63, 3.8) is 0 Å². The molecule has 1 atom stereocenters. The Labute approximate surface area is 65.0 Å². The van der Waals surface area contributed by atoms with Crippen LogP contribution in [0.2, 0.25) is 0 Å². The molecule has 0 amide bonds. The van der Waals surface area contributed by atoms with Gasteiger partial charge in [0.25, 0.3) is 0 Å². The Morgan fingerprint density at radius 3 is 3.27 bits per heavy atom. The summed E-state index contributed by atoms with van der Waals surface area (Å²) < 4.78 is 0. The van der Waals surface area contributed by atoms with Gasteiger partial charge >= 0.3 is 0 Å². The molecule has 0 saturated carbocycles. The lowest BCUT2D eigenvalue weighted by Crippen LogP contribution is -2.24. The van der Waals surface area contributed by atoms with Gasteiger partial charge in [0.1, 0.15) is 0 Å². The van der Waals surface area contributed by atoms with Crippen LogP contribution in [-0.4, -0.2) is 18.4 Å². The van der Waals surface area contributed by atoms with Crippen LogP contribution < -0.4 is 11.1 Å². The topological polar surface area (TPSA) is 55.1 Å². The van der Waals surface area contributed by atoms with E-state index in [1.54, 1.807) is 6.08 Å². The van der Waals surface area contributed by atoms with Gasteiger partial charge in [-0.3, -0.25) is 4.79 Å². The monoisotopic (exact) mass is 150 g/mol. The summed E-state index contributed by atoms with van der Waals surface area (Å²) in [5.41, 5.74) is 7.13. The first-order chi connectivity index (χ1) is 5.27. The predicted octanol–water partition coefficient (Wildman–Crippen LogP) is -0.300. The van der Waals surface area contributed by atoms with E-state index in [2.05, 4.69) is 5.32 Å². The SMILES string of the molecule is NC1=CCC2NCC(=O)C2=C1. The molecular weight excluding hydrogens is 140 g/mol. The average molecular weight is 150 g/mol. The van der Waals surface area contributed by atoms with Crippen LogP contribution in [0.4, 0.5) is 0 Å². The van der Waals surface area contributed by atoms with Gasteiger partial charge in [-0.05, 0) is 12.5 Å². The molecule has 1 heterocycles. The van der Waals surface area contributed by atoms with Crippen molar-refractivity contribution in [3.8, 4) is 0 Å². The molecule has 1 aliphatic heterocycles. The van der Waals surface area contributed by atoms with E-state index in [0.29, 0.717) is 12.2 Å². The van der Waals surface area contributed by atoms with Crippen molar-refractivity contribution in [1.29, 1.82) is 0 Å². The Kier molecular flexibility index (Phi) is 1.32. The van der Waals surface area contributed by atoms with Crippen LogP contribution >= 0.6 is 0 Å². The fourth-order valence-electron chi connectivity index (χ4n) is 1.51. The van der Waals surface area contributed by atoms with E-state index < -0.39 is 0 Å². The molecule has 3 heteroatoms. The van der Waals surface area contributed by atoms with Crippen molar-refractivity contribution in [2.45, 2.75) is 12.5 Å². The Hall–Kier alpha value is -1.09. The number of nitrogens with two attached hydrogens (primary N) is 1. The molecule has 1 fully saturated rings. The highest BCUT2D eigenvalue weighted by molar-refractivity contribution is 6.01. The van der Waals surface area contributed by atoms with Crippen LogP contribution in [0.5, 0.6) is 0 Å². The van der Waals surface area contributed by atoms with Gasteiger partial charge in [-0.2, -0.15) is 0 Å². The van der Waals surface area contributed by atoms with E-state index >= 15 is 0 Å². The summed E-state index contributed by atoms with van der Waals surface area (Å²) in [7, 11) is 0. The molecule has 3 nitrogen and oxygen atoms in total. The highest BCUT2D eigenvalue weighted by Crippen LogP contribution is 2.20. The zero-order chi connectivity index (χ0) is 7.84. The Bertz CT molecular complexity index is 265. The summed E-state index contributed by atoms with van der Waals surface area (Å²) in [4.78, 5) is 11.1. The van der Waals surface area contributed by atoms with E-state index in [-0.39, 0.29) is 11.8 Å². The number of allylic oxidation sites excluding steroid dienone is 1. The first kappa shape index (κ1) is 6.61. The Morgan fingerprint density at radius 2 is 2.45 bits per heavy atom. The number of hydrogen-bond acceptors (Lipinski definition) is 3. The van der Waals surface area contributed by atoms with Crippen LogP contribution in [-0.2, 0) is 4.79 Å². The number of carbonyl (C=O) groups is 1. The quantitative estimate of drug-likeness (QED) is 0.498. The Morgan fingerprint density at radius 1 is 1.64 bits per heavy atom. The van der Waals surface area contributed by atoms with E-state index in [1.807, 2.05) is 6.08 Å². The van der Waals surface area contributed by atoms with Crippen molar-refractivity contribution >= 4 is 5.78 Å². The van der Waals surface area contributed by atoms with Gasteiger partial charge in [-0.15, -0.1) is 0 Å². The third-order valence-electron chi connectivity index (χ3n) is 2.12. The Balaban J connectivity index is 2.34. The van der Waals surface area contributed by atoms with Crippen molar-refractivity contribution in [3.05, 3.63) is 23.4 Å². The number of Topliss-reactive ketones (excluding diaryl/α,β-unsaturated/α-hetero) is 1. The zero-order valence-corrected chi connectivity index (χ0v) is 6.13. The van der Waals surface area contributed by atoms with E-state index in [4.69, 9.17) is 5.73 Å². The zero-order valence-electron chi connectivity index (χ0n) is 6.13. The van der Waals surface area contributed by atoms with Gasteiger partial charge in [0.2, 0.25) is 0 Å². The molecule has 0 aromatic heterocycles. The fraction of sp³-hybridized carbons (Fsp3) is 0.375. The summed E-state index contributed by atoms with van der Waals surface area (Å²) in [5, 5.41) is 3.11. The van der Waals surface area contributed by atoms with Crippen molar-refractivity contribution in [1.82, 2.24) is 5.32 Å². The van der Waals surface area contributed by atoms with Crippen molar-refractivity contribution < 1.29 is 4.79 Å². The smallest absolute Gasteiger partial charge is 0.174 e. The van der Waals surface area contributed by atoms with Gasteiger partial charge in [-0.1, -0.05) is 6.08 Å². The molecule has 0 spiro atoms. The van der Waals surface area contributed by atoms with Gasteiger partial charge in [0.05, 0.1) is 6.54 Å². The van der Waals surface area contributed by atoms with Gasteiger partial charge in [0.15, 0.2) is 5.78 Å². The third-order valence-corrected chi connectivity index (χ3v) is 2.12. The maximum Gasteiger partial charge on any atom is 0.174 e. The molecule has 1 unspecified atom stereocenters. The summed E-state index contributed by atoms with van der Waals surface area (Å²) in [6.07, 6.45) is 4.57. The molecule has 0 radical (unpaired) electrons. The van der Waals surface area contributed by atoms with E-state index in [1.165, 1.54) is 0 Å². The number of ketones is 1. The van der Waals surface area contributed by atoms with Crippen molar-refractivity contribution in [2.75, 3.05) is 6.54 Å². The number of fused-ring (bicyclic) bond motifs is 1. The molecule has 11 heavy (non-hydrogen) atoms. The van der Waals surface area contributed by atoms with Crippen LogP contribution in [0.25, 0.3) is 0 Å².